The van der Waals surface area contributed by atoms with E-state index in [0.717, 1.165) is 43.7 Å². The van der Waals surface area contributed by atoms with Gasteiger partial charge in [-0.2, -0.15) is 0 Å². The van der Waals surface area contributed by atoms with Crippen LogP contribution in [0.4, 0.5) is 8.78 Å². The predicted octanol–water partition coefficient (Wildman–Crippen LogP) is 2.53. The van der Waals surface area contributed by atoms with Gasteiger partial charge in [0, 0.05) is 6.07 Å². The Morgan fingerprint density at radius 1 is 1.15 bits per heavy atom. The summed E-state index contributed by atoms with van der Waals surface area (Å²) in [5.41, 5.74) is -0.543. The topological polar surface area (TPSA) is 46.2 Å². The number of hydrogen-bond acceptors (Lipinski definition) is 2. The minimum atomic E-state index is -0.804. The summed E-state index contributed by atoms with van der Waals surface area (Å²) in [4.78, 5) is 23.2. The summed E-state index contributed by atoms with van der Waals surface area (Å²) in [7, 11) is 0. The molecule has 20 heavy (non-hydrogen) atoms. The van der Waals surface area contributed by atoms with Crippen molar-refractivity contribution >= 4 is 12.2 Å². The van der Waals surface area contributed by atoms with Gasteiger partial charge < -0.3 is 10.1 Å². The van der Waals surface area contributed by atoms with Crippen molar-refractivity contribution in [2.75, 3.05) is 0 Å². The zero-order chi connectivity index (χ0) is 14.6. The van der Waals surface area contributed by atoms with Crippen LogP contribution in [-0.2, 0) is 16.0 Å². The number of rotatable bonds is 4. The summed E-state index contributed by atoms with van der Waals surface area (Å²) in [6, 6.07) is 3.00. The fourth-order valence-electron chi connectivity index (χ4n) is 2.68. The van der Waals surface area contributed by atoms with E-state index in [-0.39, 0.29) is 17.9 Å². The highest BCUT2D eigenvalue weighted by Gasteiger charge is 2.33. The number of benzene rings is 1. The molecule has 1 fully saturated rings. The third kappa shape index (κ3) is 3.62. The van der Waals surface area contributed by atoms with Crippen molar-refractivity contribution in [2.24, 2.45) is 0 Å². The third-order valence-corrected chi connectivity index (χ3v) is 3.65. The Morgan fingerprint density at radius 3 is 2.30 bits per heavy atom. The normalized spacial score (nSPS) is 17.5. The fourth-order valence-corrected chi connectivity index (χ4v) is 2.68. The predicted molar refractivity (Wildman–Crippen MR) is 70.1 cm³/mol. The van der Waals surface area contributed by atoms with Crippen LogP contribution in [0, 0.1) is 11.6 Å². The van der Waals surface area contributed by atoms with Gasteiger partial charge in [0.05, 0.1) is 12.0 Å². The molecule has 3 nitrogen and oxygen atoms in total. The van der Waals surface area contributed by atoms with Gasteiger partial charge in [-0.15, -0.1) is 0 Å². The molecule has 0 aromatic heterocycles. The summed E-state index contributed by atoms with van der Waals surface area (Å²) < 4.78 is 26.1. The van der Waals surface area contributed by atoms with E-state index in [2.05, 4.69) is 5.32 Å². The quantitative estimate of drug-likeness (QED) is 0.862. The minimum absolute atomic E-state index is 0.135. The smallest absolute Gasteiger partial charge is 0.225 e. The molecule has 1 aliphatic carbocycles. The van der Waals surface area contributed by atoms with Crippen molar-refractivity contribution in [3.63, 3.8) is 0 Å². The molecule has 5 heteroatoms. The number of nitrogens with one attached hydrogen (secondary N) is 1. The van der Waals surface area contributed by atoms with E-state index in [0.29, 0.717) is 12.8 Å². The zero-order valence-corrected chi connectivity index (χ0v) is 11.1. The van der Waals surface area contributed by atoms with Gasteiger partial charge in [0.15, 0.2) is 0 Å². The first-order valence-electron chi connectivity index (χ1n) is 6.75. The summed E-state index contributed by atoms with van der Waals surface area (Å²) in [5.74, 6) is -1.81. The number of amides is 1. The van der Waals surface area contributed by atoms with Crippen LogP contribution in [0.25, 0.3) is 0 Å². The maximum Gasteiger partial charge on any atom is 0.225 e. The van der Waals surface area contributed by atoms with Crippen LogP contribution in [0.1, 0.15) is 37.7 Å². The fraction of sp³-hybridized carbons (Fsp3) is 0.467. The second kappa shape index (κ2) is 6.11. The van der Waals surface area contributed by atoms with Gasteiger partial charge in [0.25, 0.3) is 0 Å². The average molecular weight is 281 g/mol. The van der Waals surface area contributed by atoms with E-state index in [1.807, 2.05) is 0 Å². The Morgan fingerprint density at radius 2 is 1.75 bits per heavy atom. The summed E-state index contributed by atoms with van der Waals surface area (Å²) in [6.45, 7) is 0. The number of aldehydes is 1. The van der Waals surface area contributed by atoms with Crippen molar-refractivity contribution in [3.8, 4) is 0 Å². The van der Waals surface area contributed by atoms with Gasteiger partial charge in [-0.1, -0.05) is 19.3 Å². The zero-order valence-electron chi connectivity index (χ0n) is 11.1. The van der Waals surface area contributed by atoms with Gasteiger partial charge in [-0.25, -0.2) is 8.78 Å². The standard InChI is InChI=1S/C15H17F2NO2/c16-12-6-11(7-13(17)9-12)8-14(20)18-15(10-19)4-2-1-3-5-15/h6-7,9-10H,1-5,8H2,(H,18,20). The maximum atomic E-state index is 13.1. The van der Waals surface area contributed by atoms with Crippen LogP contribution in [0.15, 0.2) is 18.2 Å². The number of halogens is 2. The van der Waals surface area contributed by atoms with Crippen LogP contribution in [-0.4, -0.2) is 17.7 Å². The van der Waals surface area contributed by atoms with E-state index >= 15 is 0 Å². The molecule has 1 amide bonds. The van der Waals surface area contributed by atoms with E-state index in [1.165, 1.54) is 0 Å². The highest BCUT2D eigenvalue weighted by atomic mass is 19.1. The molecule has 2 rings (SSSR count). The van der Waals surface area contributed by atoms with Gasteiger partial charge in [-0.05, 0) is 30.5 Å². The van der Waals surface area contributed by atoms with Gasteiger partial charge in [0.2, 0.25) is 5.91 Å². The summed E-state index contributed by atoms with van der Waals surface area (Å²) in [5, 5.41) is 2.72. The molecule has 108 valence electrons. The largest absolute Gasteiger partial charge is 0.344 e. The Hall–Kier alpha value is -1.78. The monoisotopic (exact) mass is 281 g/mol. The first kappa shape index (κ1) is 14.6. The van der Waals surface area contributed by atoms with Gasteiger partial charge in [0.1, 0.15) is 17.9 Å². The molecule has 0 saturated heterocycles. The third-order valence-electron chi connectivity index (χ3n) is 3.65. The lowest BCUT2D eigenvalue weighted by Crippen LogP contribution is -2.51. The Balaban J connectivity index is 2.02. The molecule has 0 aliphatic heterocycles. The van der Waals surface area contributed by atoms with Crippen LogP contribution < -0.4 is 5.32 Å². The molecular formula is C15H17F2NO2. The molecule has 0 unspecified atom stereocenters. The van der Waals surface area contributed by atoms with Gasteiger partial charge >= 0.3 is 0 Å². The Labute approximate surface area is 116 Å². The van der Waals surface area contributed by atoms with Crippen LogP contribution in [0.5, 0.6) is 0 Å². The van der Waals surface area contributed by atoms with E-state index in [1.54, 1.807) is 0 Å². The molecule has 1 aromatic carbocycles. The first-order chi connectivity index (χ1) is 9.53. The summed E-state index contributed by atoms with van der Waals surface area (Å²) >= 11 is 0. The highest BCUT2D eigenvalue weighted by molar-refractivity contribution is 5.83. The molecular weight excluding hydrogens is 264 g/mol. The van der Waals surface area contributed by atoms with Crippen LogP contribution in [0.2, 0.25) is 0 Å². The summed E-state index contributed by atoms with van der Waals surface area (Å²) in [6.07, 6.45) is 4.75. The molecule has 0 heterocycles. The molecule has 1 N–H and O–H groups in total. The van der Waals surface area contributed by atoms with Gasteiger partial charge in [-0.3, -0.25) is 4.79 Å². The second-order valence-electron chi connectivity index (χ2n) is 5.34. The van der Waals surface area contributed by atoms with Crippen LogP contribution in [0.3, 0.4) is 0 Å². The number of hydrogen-bond donors (Lipinski definition) is 1. The van der Waals surface area contributed by atoms with Crippen molar-refractivity contribution in [3.05, 3.63) is 35.4 Å². The number of carbonyl (C=O) groups is 2. The van der Waals surface area contributed by atoms with Crippen molar-refractivity contribution in [1.82, 2.24) is 5.32 Å². The average Bonchev–Trinajstić information content (AvgIpc) is 2.38. The molecule has 1 aromatic rings. The Bertz CT molecular complexity index is 490. The highest BCUT2D eigenvalue weighted by Crippen LogP contribution is 2.26. The molecule has 1 aliphatic rings. The van der Waals surface area contributed by atoms with E-state index in [4.69, 9.17) is 0 Å². The minimum Gasteiger partial charge on any atom is -0.344 e. The lowest BCUT2D eigenvalue weighted by molar-refractivity contribution is -0.127. The SMILES string of the molecule is O=CC1(NC(=O)Cc2cc(F)cc(F)c2)CCCCC1. The molecule has 0 bridgehead atoms. The molecule has 1 saturated carbocycles. The first-order valence-corrected chi connectivity index (χ1v) is 6.75. The second-order valence-corrected chi connectivity index (χ2v) is 5.34. The number of carbonyl (C=O) groups excluding carboxylic acids is 2. The lowest BCUT2D eigenvalue weighted by Gasteiger charge is -2.32. The van der Waals surface area contributed by atoms with E-state index < -0.39 is 17.2 Å². The molecule has 0 radical (unpaired) electrons. The Kier molecular flexibility index (Phi) is 4.47. The lowest BCUT2D eigenvalue weighted by atomic mass is 9.82. The van der Waals surface area contributed by atoms with Crippen molar-refractivity contribution < 1.29 is 18.4 Å². The van der Waals surface area contributed by atoms with E-state index in [9.17, 15) is 18.4 Å². The molecule has 0 spiro atoms. The van der Waals surface area contributed by atoms with Crippen molar-refractivity contribution in [2.45, 2.75) is 44.1 Å². The van der Waals surface area contributed by atoms with Crippen molar-refractivity contribution in [1.29, 1.82) is 0 Å². The van der Waals surface area contributed by atoms with Crippen LogP contribution >= 0.6 is 0 Å². The molecule has 0 atom stereocenters. The maximum absolute atomic E-state index is 13.1.